The fraction of sp³-hybridized carbons (Fsp3) is 0.667. The first-order valence-electron chi connectivity index (χ1n) is 6.07. The molecular weight excluding hydrogens is 234 g/mol. The van der Waals surface area contributed by atoms with Crippen molar-refractivity contribution >= 4 is 5.69 Å². The van der Waals surface area contributed by atoms with Crippen LogP contribution in [0.25, 0.3) is 0 Å². The summed E-state index contributed by atoms with van der Waals surface area (Å²) in [5.74, 6) is 0. The predicted octanol–water partition coefficient (Wildman–Crippen LogP) is 0.0984. The first-order valence-corrected chi connectivity index (χ1v) is 6.07. The fourth-order valence-electron chi connectivity index (χ4n) is 1.53. The Bertz CT molecular complexity index is 406. The van der Waals surface area contributed by atoms with Gasteiger partial charge in [0.1, 0.15) is 0 Å². The van der Waals surface area contributed by atoms with Crippen molar-refractivity contribution in [1.29, 1.82) is 0 Å². The van der Waals surface area contributed by atoms with E-state index in [4.69, 9.17) is 9.84 Å². The summed E-state index contributed by atoms with van der Waals surface area (Å²) in [7, 11) is 3.54. The third kappa shape index (κ3) is 4.46. The second-order valence-electron chi connectivity index (χ2n) is 4.12. The second-order valence-corrected chi connectivity index (χ2v) is 4.12. The SMILES string of the molecule is COCCN(C)c1cnn(CCCCO)c(=O)c1. The van der Waals surface area contributed by atoms with Crippen LogP contribution in [0, 0.1) is 0 Å². The standard InChI is InChI=1S/C12H21N3O3/c1-14(6-8-18-2)11-9-12(17)15(13-10-11)5-3-4-7-16/h9-10,16H,3-8H2,1-2H3. The lowest BCUT2D eigenvalue weighted by atomic mass is 10.3. The van der Waals surface area contributed by atoms with Gasteiger partial charge in [-0.05, 0) is 12.8 Å². The molecule has 0 fully saturated rings. The minimum absolute atomic E-state index is 0.116. The van der Waals surface area contributed by atoms with E-state index in [0.29, 0.717) is 26.1 Å². The van der Waals surface area contributed by atoms with Gasteiger partial charge < -0.3 is 14.7 Å². The van der Waals surface area contributed by atoms with E-state index in [1.165, 1.54) is 4.68 Å². The summed E-state index contributed by atoms with van der Waals surface area (Å²) < 4.78 is 6.40. The molecule has 0 unspecified atom stereocenters. The van der Waals surface area contributed by atoms with Crippen LogP contribution in [-0.2, 0) is 11.3 Å². The third-order valence-electron chi connectivity index (χ3n) is 2.70. The summed E-state index contributed by atoms with van der Waals surface area (Å²) in [6.07, 6.45) is 3.11. The Morgan fingerprint density at radius 1 is 1.50 bits per heavy atom. The predicted molar refractivity (Wildman–Crippen MR) is 70.0 cm³/mol. The number of hydrogen-bond donors (Lipinski definition) is 1. The number of unbranched alkanes of at least 4 members (excludes halogenated alkanes) is 1. The smallest absolute Gasteiger partial charge is 0.268 e. The van der Waals surface area contributed by atoms with Gasteiger partial charge in [-0.1, -0.05) is 0 Å². The maximum Gasteiger partial charge on any atom is 0.268 e. The number of nitrogens with zero attached hydrogens (tertiary/aromatic N) is 3. The number of aliphatic hydroxyl groups is 1. The van der Waals surface area contributed by atoms with Crippen molar-refractivity contribution in [2.45, 2.75) is 19.4 Å². The number of aryl methyl sites for hydroxylation is 1. The highest BCUT2D eigenvalue weighted by molar-refractivity contribution is 5.41. The fourth-order valence-corrected chi connectivity index (χ4v) is 1.53. The molecule has 0 amide bonds. The molecule has 1 aromatic heterocycles. The number of rotatable bonds is 8. The van der Waals surface area contributed by atoms with Crippen LogP contribution in [0.2, 0.25) is 0 Å². The summed E-state index contributed by atoms with van der Waals surface area (Å²) in [6.45, 7) is 2.01. The molecule has 0 saturated heterocycles. The van der Waals surface area contributed by atoms with Gasteiger partial charge in [-0.2, -0.15) is 5.10 Å². The highest BCUT2D eigenvalue weighted by Crippen LogP contribution is 2.06. The maximum absolute atomic E-state index is 11.8. The molecular formula is C12H21N3O3. The molecule has 0 aliphatic heterocycles. The molecule has 1 rings (SSSR count). The molecule has 0 aliphatic rings. The molecule has 1 N–H and O–H groups in total. The molecule has 0 saturated carbocycles. The molecule has 0 spiro atoms. The maximum atomic E-state index is 11.8. The Balaban J connectivity index is 2.64. The van der Waals surface area contributed by atoms with E-state index < -0.39 is 0 Å². The van der Waals surface area contributed by atoms with Crippen LogP contribution < -0.4 is 10.5 Å². The molecule has 1 heterocycles. The molecule has 0 aliphatic carbocycles. The first kappa shape index (κ1) is 14.7. The molecule has 102 valence electrons. The van der Waals surface area contributed by atoms with E-state index in [9.17, 15) is 4.79 Å². The summed E-state index contributed by atoms with van der Waals surface area (Å²) in [5, 5.41) is 12.8. The Kier molecular flexibility index (Phi) is 6.38. The lowest BCUT2D eigenvalue weighted by Gasteiger charge is -2.18. The van der Waals surface area contributed by atoms with Gasteiger partial charge in [-0.3, -0.25) is 4.79 Å². The van der Waals surface area contributed by atoms with Crippen molar-refractivity contribution in [3.63, 3.8) is 0 Å². The molecule has 0 aromatic carbocycles. The van der Waals surface area contributed by atoms with Gasteiger partial charge in [0, 0.05) is 39.9 Å². The van der Waals surface area contributed by atoms with Crippen molar-refractivity contribution < 1.29 is 9.84 Å². The second kappa shape index (κ2) is 7.84. The Labute approximate surface area is 107 Å². The highest BCUT2D eigenvalue weighted by atomic mass is 16.5. The Hall–Kier alpha value is -1.40. The van der Waals surface area contributed by atoms with Crippen molar-refractivity contribution in [2.24, 2.45) is 0 Å². The minimum atomic E-state index is -0.116. The van der Waals surface area contributed by atoms with Crippen LogP contribution in [0.5, 0.6) is 0 Å². The average molecular weight is 255 g/mol. The molecule has 6 heteroatoms. The molecule has 0 radical (unpaired) electrons. The van der Waals surface area contributed by atoms with Crippen LogP contribution in [0.4, 0.5) is 5.69 Å². The van der Waals surface area contributed by atoms with Gasteiger partial charge in [0.25, 0.3) is 5.56 Å². The van der Waals surface area contributed by atoms with Crippen LogP contribution in [0.15, 0.2) is 17.1 Å². The number of hydrogen-bond acceptors (Lipinski definition) is 5. The molecule has 1 aromatic rings. The van der Waals surface area contributed by atoms with E-state index in [2.05, 4.69) is 5.10 Å². The van der Waals surface area contributed by atoms with Crippen molar-refractivity contribution in [3.05, 3.63) is 22.6 Å². The summed E-state index contributed by atoms with van der Waals surface area (Å²) in [6, 6.07) is 1.57. The molecule has 0 bridgehead atoms. The highest BCUT2D eigenvalue weighted by Gasteiger charge is 2.04. The first-order chi connectivity index (χ1) is 8.69. The third-order valence-corrected chi connectivity index (χ3v) is 2.70. The Morgan fingerprint density at radius 3 is 2.89 bits per heavy atom. The zero-order valence-corrected chi connectivity index (χ0v) is 11.0. The quantitative estimate of drug-likeness (QED) is 0.667. The number of aliphatic hydroxyl groups excluding tert-OH is 1. The van der Waals surface area contributed by atoms with Gasteiger partial charge in [-0.15, -0.1) is 0 Å². The lowest BCUT2D eigenvalue weighted by molar-refractivity contribution is 0.206. The zero-order chi connectivity index (χ0) is 13.4. The van der Waals surface area contributed by atoms with Gasteiger partial charge in [0.05, 0.1) is 18.5 Å². The average Bonchev–Trinajstić information content (AvgIpc) is 2.38. The molecule has 6 nitrogen and oxygen atoms in total. The monoisotopic (exact) mass is 255 g/mol. The van der Waals surface area contributed by atoms with Gasteiger partial charge in [0.2, 0.25) is 0 Å². The van der Waals surface area contributed by atoms with Crippen LogP contribution >= 0.6 is 0 Å². The van der Waals surface area contributed by atoms with Crippen LogP contribution in [-0.4, -0.2) is 48.8 Å². The van der Waals surface area contributed by atoms with Gasteiger partial charge >= 0.3 is 0 Å². The normalized spacial score (nSPS) is 10.6. The lowest BCUT2D eigenvalue weighted by Crippen LogP contribution is -2.27. The summed E-state index contributed by atoms with van der Waals surface area (Å²) >= 11 is 0. The van der Waals surface area contributed by atoms with Gasteiger partial charge in [-0.25, -0.2) is 4.68 Å². The zero-order valence-electron chi connectivity index (χ0n) is 11.0. The van der Waals surface area contributed by atoms with E-state index in [-0.39, 0.29) is 12.2 Å². The summed E-state index contributed by atoms with van der Waals surface area (Å²) in [4.78, 5) is 13.7. The van der Waals surface area contributed by atoms with E-state index in [1.807, 2.05) is 11.9 Å². The van der Waals surface area contributed by atoms with Crippen molar-refractivity contribution in [1.82, 2.24) is 9.78 Å². The minimum Gasteiger partial charge on any atom is -0.396 e. The number of aromatic nitrogens is 2. The van der Waals surface area contributed by atoms with Crippen molar-refractivity contribution in [2.75, 3.05) is 38.8 Å². The largest absolute Gasteiger partial charge is 0.396 e. The van der Waals surface area contributed by atoms with E-state index >= 15 is 0 Å². The van der Waals surface area contributed by atoms with Gasteiger partial charge in [0.15, 0.2) is 0 Å². The van der Waals surface area contributed by atoms with E-state index in [1.54, 1.807) is 19.4 Å². The number of ether oxygens (including phenoxy) is 1. The topological polar surface area (TPSA) is 67.6 Å². The summed E-state index contributed by atoms with van der Waals surface area (Å²) in [5.41, 5.74) is 0.671. The number of methoxy groups -OCH3 is 1. The molecule has 0 atom stereocenters. The van der Waals surface area contributed by atoms with Crippen LogP contribution in [0.3, 0.4) is 0 Å². The van der Waals surface area contributed by atoms with Crippen LogP contribution in [0.1, 0.15) is 12.8 Å². The molecule has 18 heavy (non-hydrogen) atoms. The Morgan fingerprint density at radius 2 is 2.28 bits per heavy atom. The van der Waals surface area contributed by atoms with Crippen molar-refractivity contribution in [3.8, 4) is 0 Å². The van der Waals surface area contributed by atoms with E-state index in [0.717, 1.165) is 12.1 Å². The number of likely N-dealkylation sites (N-methyl/N-ethyl adjacent to an activating group) is 1. The number of anilines is 1.